The molecular formula is C19H20N8O6S3. The molecule has 0 radical (unpaired) electrons. The smallest absolute Gasteiger partial charge is 0.352 e. The van der Waals surface area contributed by atoms with Gasteiger partial charge in [-0.25, -0.2) is 9.78 Å². The Morgan fingerprint density at radius 2 is 2.31 bits per heavy atom. The maximum atomic E-state index is 13.1. The lowest BCUT2D eigenvalue weighted by Crippen LogP contribution is -2.71. The van der Waals surface area contributed by atoms with Crippen molar-refractivity contribution < 1.29 is 29.1 Å². The fourth-order valence-corrected chi connectivity index (χ4v) is 6.25. The Bertz CT molecular complexity index is 1210. The molecule has 0 saturated carbocycles. The van der Waals surface area contributed by atoms with E-state index in [-0.39, 0.29) is 28.8 Å². The number of hydrogen-bond acceptors (Lipinski definition) is 12. The van der Waals surface area contributed by atoms with Crippen molar-refractivity contribution in [2.75, 3.05) is 23.4 Å². The number of amides is 3. The van der Waals surface area contributed by atoms with Gasteiger partial charge in [-0.2, -0.15) is 10.3 Å². The van der Waals surface area contributed by atoms with Gasteiger partial charge in [0.05, 0.1) is 6.20 Å². The molecule has 1 unspecified atom stereocenters. The minimum absolute atomic E-state index is 0.0884. The second-order valence-corrected chi connectivity index (χ2v) is 10.2. The van der Waals surface area contributed by atoms with E-state index in [4.69, 9.17) is 4.84 Å². The maximum Gasteiger partial charge on any atom is 0.352 e. The van der Waals surface area contributed by atoms with Crippen LogP contribution in [0.4, 0.5) is 5.13 Å². The Morgan fingerprint density at radius 1 is 1.47 bits per heavy atom. The van der Waals surface area contributed by atoms with E-state index in [1.807, 2.05) is 6.92 Å². The number of nitrogens with one attached hydrogen (secondary N) is 3. The molecule has 4 heterocycles. The number of carbonyl (C=O) groups excluding carboxylic acids is 3. The molecule has 1 fully saturated rings. The summed E-state index contributed by atoms with van der Waals surface area (Å²) in [4.78, 5) is 59.3. The summed E-state index contributed by atoms with van der Waals surface area (Å²) >= 11 is 3.74. The van der Waals surface area contributed by atoms with Crippen LogP contribution in [0, 0.1) is 0 Å². The van der Waals surface area contributed by atoms with Crippen LogP contribution >= 0.6 is 34.9 Å². The number of aromatic amines is 1. The molecule has 0 bridgehead atoms. The molecule has 4 N–H and O–H groups in total. The third-order valence-electron chi connectivity index (χ3n) is 4.92. The Morgan fingerprint density at radius 3 is 3.00 bits per heavy atom. The number of nitrogens with zero attached hydrogens (tertiary/aromatic N) is 5. The first-order chi connectivity index (χ1) is 17.4. The van der Waals surface area contributed by atoms with Crippen molar-refractivity contribution in [2.24, 2.45) is 5.16 Å². The summed E-state index contributed by atoms with van der Waals surface area (Å²) in [6, 6.07) is -0.954. The molecule has 3 amide bonds. The number of fused-ring (bicyclic) bond motifs is 1. The standard InChI is InChI=1S/C19H20N8O6S3/c1-2-3-33-25-12(10-7-36-19(22-10)20-8-28)15(29)23-13-16(30)27-14(18(31)32)9(6-35-17(13)27)5-34-11-4-21-26-24-11/h4,7-8,13,17H,2-3,5-6H2,1H3,(H,23,29)(H,31,32)(H,20,22,28)(H,21,24,26)/t13?,17-/m1/s1. The molecule has 2 atom stereocenters. The van der Waals surface area contributed by atoms with Gasteiger partial charge < -0.3 is 20.6 Å². The van der Waals surface area contributed by atoms with E-state index >= 15 is 0 Å². The highest BCUT2D eigenvalue weighted by atomic mass is 32.2. The number of carboxylic acids is 1. The van der Waals surface area contributed by atoms with Gasteiger partial charge in [0.2, 0.25) is 6.41 Å². The van der Waals surface area contributed by atoms with E-state index in [1.54, 1.807) is 0 Å². The van der Waals surface area contributed by atoms with Gasteiger partial charge >= 0.3 is 5.97 Å². The van der Waals surface area contributed by atoms with E-state index in [2.05, 4.69) is 36.2 Å². The Kier molecular flexibility index (Phi) is 8.21. The molecule has 2 aliphatic rings. The van der Waals surface area contributed by atoms with Crippen molar-refractivity contribution in [1.82, 2.24) is 30.6 Å². The predicted molar refractivity (Wildman–Crippen MR) is 131 cm³/mol. The quantitative estimate of drug-likeness (QED) is 0.0715. The summed E-state index contributed by atoms with van der Waals surface area (Å²) in [6.07, 6.45) is 2.64. The maximum absolute atomic E-state index is 13.1. The summed E-state index contributed by atoms with van der Waals surface area (Å²) in [7, 11) is 0. The van der Waals surface area contributed by atoms with Gasteiger partial charge in [0, 0.05) is 16.9 Å². The van der Waals surface area contributed by atoms with Crippen LogP contribution in [-0.2, 0) is 24.0 Å². The monoisotopic (exact) mass is 552 g/mol. The lowest BCUT2D eigenvalue weighted by molar-refractivity contribution is -0.150. The number of H-pyrrole nitrogens is 1. The van der Waals surface area contributed by atoms with E-state index < -0.39 is 29.2 Å². The fourth-order valence-electron chi connectivity index (χ4n) is 3.33. The number of thioether (sulfide) groups is 2. The van der Waals surface area contributed by atoms with Crippen LogP contribution in [0.15, 0.2) is 33.0 Å². The van der Waals surface area contributed by atoms with Crippen molar-refractivity contribution in [3.05, 3.63) is 28.5 Å². The highest BCUT2D eigenvalue weighted by Gasteiger charge is 2.54. The Labute approximate surface area is 216 Å². The SMILES string of the molecule is CCCON=C(C(=O)NC1C(=O)N2C(C(=O)O)=C(CSc3cn[nH]n3)CS[C@H]12)c1csc(NC=O)n1. The minimum Gasteiger partial charge on any atom is -0.477 e. The molecule has 17 heteroatoms. The van der Waals surface area contributed by atoms with Gasteiger partial charge in [0.1, 0.15) is 34.4 Å². The molecule has 36 heavy (non-hydrogen) atoms. The second kappa shape index (κ2) is 11.5. The van der Waals surface area contributed by atoms with Crippen LogP contribution in [0.2, 0.25) is 0 Å². The molecule has 190 valence electrons. The molecule has 2 aromatic rings. The van der Waals surface area contributed by atoms with Gasteiger partial charge in [0.25, 0.3) is 11.8 Å². The number of thiazole rings is 1. The fraction of sp³-hybridized carbons (Fsp3) is 0.368. The second-order valence-electron chi connectivity index (χ2n) is 7.29. The molecule has 0 spiro atoms. The summed E-state index contributed by atoms with van der Waals surface area (Å²) in [5, 5.41) is 30.7. The topological polar surface area (TPSA) is 192 Å². The van der Waals surface area contributed by atoms with Gasteiger partial charge in [-0.05, 0) is 12.0 Å². The molecule has 14 nitrogen and oxygen atoms in total. The molecule has 4 rings (SSSR count). The number of carboxylic acid groups (broad SMARTS) is 1. The third-order valence-corrected chi connectivity index (χ3v) is 8.02. The van der Waals surface area contributed by atoms with Crippen LogP contribution in [0.1, 0.15) is 19.0 Å². The lowest BCUT2D eigenvalue weighted by Gasteiger charge is -2.49. The normalized spacial score (nSPS) is 19.4. The first-order valence-corrected chi connectivity index (χ1v) is 13.4. The molecule has 1 saturated heterocycles. The van der Waals surface area contributed by atoms with Crippen LogP contribution in [0.3, 0.4) is 0 Å². The number of β-lactam (4-membered cyclic amide) rings is 1. The summed E-state index contributed by atoms with van der Waals surface area (Å²) < 4.78 is 0. The lowest BCUT2D eigenvalue weighted by atomic mass is 10.0. The van der Waals surface area contributed by atoms with E-state index in [1.165, 1.54) is 40.0 Å². The van der Waals surface area contributed by atoms with Gasteiger partial charge in [-0.15, -0.1) is 28.2 Å². The third kappa shape index (κ3) is 5.36. The number of hydrogen-bond donors (Lipinski definition) is 4. The number of oxime groups is 1. The summed E-state index contributed by atoms with van der Waals surface area (Å²) in [5.74, 6) is -1.79. The number of carbonyl (C=O) groups is 4. The van der Waals surface area contributed by atoms with Gasteiger partial charge in [-0.1, -0.05) is 23.8 Å². The average Bonchev–Trinajstić information content (AvgIpc) is 3.55. The molecule has 2 aliphatic heterocycles. The Balaban J connectivity index is 1.49. The first-order valence-electron chi connectivity index (χ1n) is 10.5. The van der Waals surface area contributed by atoms with Crippen LogP contribution in [0.25, 0.3) is 0 Å². The zero-order valence-electron chi connectivity index (χ0n) is 18.7. The zero-order chi connectivity index (χ0) is 25.7. The van der Waals surface area contributed by atoms with Crippen molar-refractivity contribution in [3.8, 4) is 0 Å². The van der Waals surface area contributed by atoms with Gasteiger partial charge in [-0.3, -0.25) is 19.3 Å². The highest BCUT2D eigenvalue weighted by Crippen LogP contribution is 2.41. The molecular weight excluding hydrogens is 532 g/mol. The van der Waals surface area contributed by atoms with Crippen LogP contribution in [0.5, 0.6) is 0 Å². The van der Waals surface area contributed by atoms with Crippen molar-refractivity contribution in [2.45, 2.75) is 29.8 Å². The number of aliphatic carboxylic acids is 1. The van der Waals surface area contributed by atoms with E-state index in [0.717, 1.165) is 11.3 Å². The van der Waals surface area contributed by atoms with Crippen molar-refractivity contribution in [3.63, 3.8) is 0 Å². The number of rotatable bonds is 12. The van der Waals surface area contributed by atoms with E-state index in [0.29, 0.717) is 34.9 Å². The average molecular weight is 553 g/mol. The number of aromatic nitrogens is 4. The van der Waals surface area contributed by atoms with Crippen molar-refractivity contribution >= 4 is 69.9 Å². The number of anilines is 1. The minimum atomic E-state index is -1.22. The predicted octanol–water partition coefficient (Wildman–Crippen LogP) is 0.491. The largest absolute Gasteiger partial charge is 0.477 e. The zero-order valence-corrected chi connectivity index (χ0v) is 21.1. The summed E-state index contributed by atoms with van der Waals surface area (Å²) in [5.41, 5.74) is 0.484. The molecule has 0 aliphatic carbocycles. The van der Waals surface area contributed by atoms with Crippen LogP contribution in [-0.4, -0.2) is 89.8 Å². The molecule has 2 aromatic heterocycles. The highest BCUT2D eigenvalue weighted by molar-refractivity contribution is 8.01. The molecule has 0 aromatic carbocycles. The van der Waals surface area contributed by atoms with Crippen molar-refractivity contribution in [1.29, 1.82) is 0 Å². The Hall–Kier alpha value is -3.44. The first kappa shape index (κ1) is 25.6. The summed E-state index contributed by atoms with van der Waals surface area (Å²) in [6.45, 7) is 2.13. The van der Waals surface area contributed by atoms with Gasteiger partial charge in [0.15, 0.2) is 10.8 Å². The van der Waals surface area contributed by atoms with Crippen LogP contribution < -0.4 is 10.6 Å². The van der Waals surface area contributed by atoms with E-state index in [9.17, 15) is 24.3 Å².